The first-order valence-electron chi connectivity index (χ1n) is 7.22. The SMILES string of the molecule is O=S(=O)(OCCCCCCCCCO)c1ccccc1.[Cu]. The number of aliphatic hydroxyl groups excluding tert-OH is 1. The van der Waals surface area contributed by atoms with Crippen molar-refractivity contribution in [3.05, 3.63) is 30.3 Å². The van der Waals surface area contributed by atoms with E-state index in [9.17, 15) is 8.42 Å². The molecule has 6 heteroatoms. The van der Waals surface area contributed by atoms with E-state index in [-0.39, 0.29) is 35.2 Å². The number of aliphatic hydroxyl groups is 1. The van der Waals surface area contributed by atoms with Gasteiger partial charge < -0.3 is 5.11 Å². The molecule has 1 rings (SSSR count). The third-order valence-corrected chi connectivity index (χ3v) is 4.40. The van der Waals surface area contributed by atoms with Gasteiger partial charge in [-0.1, -0.05) is 50.3 Å². The van der Waals surface area contributed by atoms with Crippen LogP contribution in [0.2, 0.25) is 0 Å². The van der Waals surface area contributed by atoms with Gasteiger partial charge in [-0.2, -0.15) is 8.42 Å². The summed E-state index contributed by atoms with van der Waals surface area (Å²) < 4.78 is 28.6. The predicted octanol–water partition coefficient (Wildman–Crippen LogP) is 3.11. The molecule has 0 spiro atoms. The molecule has 0 amide bonds. The van der Waals surface area contributed by atoms with Crippen molar-refractivity contribution in [3.63, 3.8) is 0 Å². The summed E-state index contributed by atoms with van der Waals surface area (Å²) in [4.78, 5) is 0.212. The number of benzene rings is 1. The Bertz CT molecular complexity index is 448. The van der Waals surface area contributed by atoms with Gasteiger partial charge in [0.05, 0.1) is 11.5 Å². The standard InChI is InChI=1S/C15H24O4S.Cu/c16-13-9-4-2-1-3-5-10-14-19-20(17,18)15-11-7-6-8-12-15;/h6-8,11-12,16H,1-5,9-10,13-14H2;. The van der Waals surface area contributed by atoms with Gasteiger partial charge in [0.25, 0.3) is 10.1 Å². The molecule has 1 radical (unpaired) electrons. The van der Waals surface area contributed by atoms with Crippen molar-refractivity contribution < 1.29 is 34.8 Å². The van der Waals surface area contributed by atoms with E-state index in [0.29, 0.717) is 0 Å². The number of unbranched alkanes of at least 4 members (excludes halogenated alkanes) is 6. The van der Waals surface area contributed by atoms with Crippen LogP contribution in [0.25, 0.3) is 0 Å². The Labute approximate surface area is 138 Å². The van der Waals surface area contributed by atoms with Gasteiger partial charge in [0.2, 0.25) is 0 Å². The summed E-state index contributed by atoms with van der Waals surface area (Å²) in [7, 11) is -3.59. The number of rotatable bonds is 11. The summed E-state index contributed by atoms with van der Waals surface area (Å²) in [6.07, 6.45) is 7.01. The average molecular weight is 364 g/mol. The molecule has 0 fully saturated rings. The minimum Gasteiger partial charge on any atom is -0.396 e. The molecular weight excluding hydrogens is 340 g/mol. The normalized spacial score (nSPS) is 11.1. The van der Waals surface area contributed by atoms with E-state index in [1.165, 1.54) is 12.1 Å². The topological polar surface area (TPSA) is 63.6 Å². The van der Waals surface area contributed by atoms with Gasteiger partial charge in [-0.25, -0.2) is 0 Å². The Morgan fingerprint density at radius 2 is 1.38 bits per heavy atom. The monoisotopic (exact) mass is 363 g/mol. The molecule has 0 bridgehead atoms. The van der Waals surface area contributed by atoms with E-state index in [4.69, 9.17) is 9.29 Å². The zero-order chi connectivity index (χ0) is 14.7. The van der Waals surface area contributed by atoms with E-state index < -0.39 is 10.1 Å². The van der Waals surface area contributed by atoms with Crippen molar-refractivity contribution in [3.8, 4) is 0 Å². The van der Waals surface area contributed by atoms with Crippen LogP contribution in [0.1, 0.15) is 44.9 Å². The fourth-order valence-electron chi connectivity index (χ4n) is 1.92. The first-order valence-corrected chi connectivity index (χ1v) is 8.63. The maximum absolute atomic E-state index is 11.8. The van der Waals surface area contributed by atoms with Gasteiger partial charge in [0.15, 0.2) is 0 Å². The van der Waals surface area contributed by atoms with Crippen LogP contribution in [0, 0.1) is 0 Å². The van der Waals surface area contributed by atoms with E-state index in [1.807, 2.05) is 0 Å². The summed E-state index contributed by atoms with van der Waals surface area (Å²) in [6, 6.07) is 8.22. The largest absolute Gasteiger partial charge is 0.396 e. The van der Waals surface area contributed by atoms with Crippen LogP contribution in [-0.2, 0) is 31.4 Å². The Morgan fingerprint density at radius 1 is 0.857 bits per heavy atom. The van der Waals surface area contributed by atoms with Crippen molar-refractivity contribution in [2.45, 2.75) is 49.8 Å². The van der Waals surface area contributed by atoms with Crippen molar-refractivity contribution in [1.82, 2.24) is 0 Å². The van der Waals surface area contributed by atoms with E-state index in [1.54, 1.807) is 18.2 Å². The van der Waals surface area contributed by atoms with Crippen molar-refractivity contribution in [2.75, 3.05) is 13.2 Å². The molecule has 0 atom stereocenters. The third kappa shape index (κ3) is 9.27. The second-order valence-electron chi connectivity index (χ2n) is 4.79. The smallest absolute Gasteiger partial charge is 0.296 e. The van der Waals surface area contributed by atoms with E-state index in [0.717, 1.165) is 44.9 Å². The molecule has 21 heavy (non-hydrogen) atoms. The van der Waals surface area contributed by atoms with E-state index in [2.05, 4.69) is 0 Å². The Kier molecular flexibility index (Phi) is 12.0. The second kappa shape index (κ2) is 12.2. The molecule has 0 saturated heterocycles. The van der Waals surface area contributed by atoms with Crippen LogP contribution >= 0.6 is 0 Å². The first kappa shape index (κ1) is 20.6. The quantitative estimate of drug-likeness (QED) is 0.372. The maximum atomic E-state index is 11.8. The van der Waals surface area contributed by atoms with Gasteiger partial charge in [-0.3, -0.25) is 4.18 Å². The summed E-state index contributed by atoms with van der Waals surface area (Å²) in [5.41, 5.74) is 0. The van der Waals surface area contributed by atoms with Crippen molar-refractivity contribution in [2.24, 2.45) is 0 Å². The van der Waals surface area contributed by atoms with Crippen LogP contribution in [0.4, 0.5) is 0 Å². The minimum atomic E-state index is -3.59. The van der Waals surface area contributed by atoms with Crippen LogP contribution in [0.3, 0.4) is 0 Å². The molecule has 0 aliphatic heterocycles. The maximum Gasteiger partial charge on any atom is 0.296 e. The average Bonchev–Trinajstić information content (AvgIpc) is 2.46. The molecule has 1 N–H and O–H groups in total. The summed E-state index contributed by atoms with van der Waals surface area (Å²) in [6.45, 7) is 0.513. The van der Waals surface area contributed by atoms with Crippen LogP contribution in [-0.4, -0.2) is 26.7 Å². The molecule has 1 aromatic carbocycles. The fourth-order valence-corrected chi connectivity index (χ4v) is 2.89. The zero-order valence-electron chi connectivity index (χ0n) is 12.1. The molecule has 0 saturated carbocycles. The fraction of sp³-hybridized carbons (Fsp3) is 0.600. The molecular formula is C15H24CuO4S. The van der Waals surface area contributed by atoms with Crippen molar-refractivity contribution >= 4 is 10.1 Å². The molecule has 125 valence electrons. The zero-order valence-corrected chi connectivity index (χ0v) is 13.9. The van der Waals surface area contributed by atoms with Crippen LogP contribution < -0.4 is 0 Å². The van der Waals surface area contributed by atoms with Gasteiger partial charge >= 0.3 is 0 Å². The summed E-state index contributed by atoms with van der Waals surface area (Å²) >= 11 is 0. The second-order valence-corrected chi connectivity index (χ2v) is 6.40. The Hall–Kier alpha value is -0.391. The molecule has 0 unspecified atom stereocenters. The van der Waals surface area contributed by atoms with Gasteiger partial charge in [0.1, 0.15) is 0 Å². The van der Waals surface area contributed by atoms with Gasteiger partial charge in [-0.05, 0) is 25.0 Å². The summed E-state index contributed by atoms with van der Waals surface area (Å²) in [5.74, 6) is 0. The van der Waals surface area contributed by atoms with Crippen molar-refractivity contribution in [1.29, 1.82) is 0 Å². The molecule has 0 aliphatic rings. The summed E-state index contributed by atoms with van der Waals surface area (Å²) in [5, 5.41) is 8.64. The predicted molar refractivity (Wildman–Crippen MR) is 79.0 cm³/mol. The number of hydrogen-bond acceptors (Lipinski definition) is 4. The molecule has 0 heterocycles. The van der Waals surface area contributed by atoms with E-state index >= 15 is 0 Å². The molecule has 0 aliphatic carbocycles. The third-order valence-electron chi connectivity index (χ3n) is 3.07. The first-order chi connectivity index (χ1) is 9.67. The van der Waals surface area contributed by atoms with Crippen LogP contribution in [0.5, 0.6) is 0 Å². The van der Waals surface area contributed by atoms with Crippen LogP contribution in [0.15, 0.2) is 35.2 Å². The van der Waals surface area contributed by atoms with Gasteiger partial charge in [0, 0.05) is 23.7 Å². The molecule has 0 aromatic heterocycles. The Morgan fingerprint density at radius 3 is 1.95 bits per heavy atom. The Balaban J connectivity index is 0.00000400. The molecule has 4 nitrogen and oxygen atoms in total. The molecule has 1 aromatic rings. The minimum absolute atomic E-state index is 0. The van der Waals surface area contributed by atoms with Gasteiger partial charge in [-0.15, -0.1) is 0 Å². The number of hydrogen-bond donors (Lipinski definition) is 1.